The van der Waals surface area contributed by atoms with Gasteiger partial charge in [-0.1, -0.05) is 12.5 Å². The first-order valence-corrected chi connectivity index (χ1v) is 27.5. The van der Waals surface area contributed by atoms with E-state index in [1.165, 1.54) is 37.3 Å². The van der Waals surface area contributed by atoms with Crippen molar-refractivity contribution < 1.29 is 47.9 Å². The number of hydrogen-bond donors (Lipinski definition) is 17. The van der Waals surface area contributed by atoms with Gasteiger partial charge in [0, 0.05) is 37.9 Å². The van der Waals surface area contributed by atoms with E-state index in [0.29, 0.717) is 76.7 Å². The fourth-order valence-corrected chi connectivity index (χ4v) is 8.09. The molecule has 81 heavy (non-hydrogen) atoms. The van der Waals surface area contributed by atoms with Crippen molar-refractivity contribution in [2.24, 2.45) is 55.9 Å². The Hall–Kier alpha value is -7.45. The van der Waals surface area contributed by atoms with Crippen molar-refractivity contribution in [3.63, 3.8) is 0 Å². The predicted octanol–water partition coefficient (Wildman–Crippen LogP) is -6.32. The van der Waals surface area contributed by atoms with Gasteiger partial charge < -0.3 is 98.3 Å². The Morgan fingerprint density at radius 2 is 1.32 bits per heavy atom. The van der Waals surface area contributed by atoms with Crippen LogP contribution in [-0.4, -0.2) is 187 Å². The lowest BCUT2D eigenvalue weighted by atomic mass is 10.1. The largest absolute Gasteiger partial charge is 0.370 e. The molecule has 1 aliphatic heterocycles. The lowest BCUT2D eigenvalue weighted by molar-refractivity contribution is -0.136. The van der Waals surface area contributed by atoms with Gasteiger partial charge in [-0.3, -0.25) is 52.9 Å². The van der Waals surface area contributed by atoms with E-state index in [0.717, 1.165) is 0 Å². The summed E-state index contributed by atoms with van der Waals surface area (Å²) in [5, 5.41) is 20.7. The van der Waals surface area contributed by atoms with Crippen LogP contribution in [0.15, 0.2) is 34.3 Å². The quantitative estimate of drug-likeness (QED) is 0.0126. The summed E-state index contributed by atoms with van der Waals surface area (Å²) < 4.78 is 0. The third-order valence-corrected chi connectivity index (χ3v) is 12.6. The zero-order chi connectivity index (χ0) is 60.3. The molecule has 31 nitrogen and oxygen atoms in total. The lowest BCUT2D eigenvalue weighted by Crippen LogP contribution is -2.57. The zero-order valence-corrected chi connectivity index (χ0v) is 46.7. The fourth-order valence-electron chi connectivity index (χ4n) is 8.09. The number of nitrogens with two attached hydrogens (primary N) is 8. The minimum atomic E-state index is -1.37. The zero-order valence-electron chi connectivity index (χ0n) is 46.7. The minimum Gasteiger partial charge on any atom is -0.370 e. The molecule has 454 valence electrons. The summed E-state index contributed by atoms with van der Waals surface area (Å²) in [6.45, 7) is 3.87. The first-order chi connectivity index (χ1) is 38.7. The molecule has 0 saturated carbocycles. The molecular formula is C50H89N21O10. The summed E-state index contributed by atoms with van der Waals surface area (Å²) in [6, 6.07) is -8.03. The molecule has 1 aliphatic rings. The number of hydrogen-bond acceptors (Lipinski definition) is 18. The van der Waals surface area contributed by atoms with E-state index in [2.05, 4.69) is 62.5 Å². The van der Waals surface area contributed by atoms with Crippen LogP contribution in [0.1, 0.15) is 109 Å². The highest BCUT2D eigenvalue weighted by molar-refractivity contribution is 6.40. The fraction of sp³-hybridized carbons (Fsp3) is 0.660. The number of aromatic nitrogens is 2. The molecule has 7 atom stereocenters. The Morgan fingerprint density at radius 3 is 1.96 bits per heavy atom. The van der Waals surface area contributed by atoms with Crippen molar-refractivity contribution in [1.29, 1.82) is 0 Å². The summed E-state index contributed by atoms with van der Waals surface area (Å²) in [7, 11) is 0. The Kier molecular flexibility index (Phi) is 33.6. The number of H-pyrrole nitrogens is 1. The number of likely N-dealkylation sites (tertiary alicyclic amines) is 1. The maximum Gasteiger partial charge on any atom is 0.269 e. The molecule has 1 fully saturated rings. The van der Waals surface area contributed by atoms with Crippen molar-refractivity contribution in [1.82, 2.24) is 57.4 Å². The summed E-state index contributed by atoms with van der Waals surface area (Å²) in [5.74, 6) is -7.63. The molecule has 25 N–H and O–H groups in total. The second-order valence-electron chi connectivity index (χ2n) is 19.4. The topological polar surface area (TPSA) is 532 Å². The van der Waals surface area contributed by atoms with Gasteiger partial charge in [0.15, 0.2) is 5.96 Å². The maximum atomic E-state index is 14.4. The van der Waals surface area contributed by atoms with Crippen LogP contribution >= 0.6 is 0 Å². The molecule has 0 aliphatic carbocycles. The smallest absolute Gasteiger partial charge is 0.269 e. The second-order valence-corrected chi connectivity index (χ2v) is 19.4. The Labute approximate surface area is 472 Å². The van der Waals surface area contributed by atoms with Gasteiger partial charge in [0.05, 0.1) is 18.9 Å². The number of imidazole rings is 1. The highest BCUT2D eigenvalue weighted by Gasteiger charge is 2.38. The number of aliphatic imine (C=N–C) groups is 2. The molecule has 0 radical (unpaired) electrons. The Bertz CT molecular complexity index is 2290. The van der Waals surface area contributed by atoms with E-state index < -0.39 is 108 Å². The van der Waals surface area contributed by atoms with Crippen LogP contribution in [0.25, 0.3) is 0 Å². The molecular weight excluding hydrogens is 1050 g/mol. The third kappa shape index (κ3) is 26.6. The van der Waals surface area contributed by atoms with Crippen molar-refractivity contribution in [3.05, 3.63) is 30.0 Å². The Balaban J connectivity index is 2.31. The first-order valence-electron chi connectivity index (χ1n) is 27.5. The summed E-state index contributed by atoms with van der Waals surface area (Å²) in [5.41, 5.74) is 45.1. The van der Waals surface area contributed by atoms with Crippen LogP contribution in [-0.2, 0) is 54.4 Å². The molecule has 1 saturated heterocycles. The van der Waals surface area contributed by atoms with Gasteiger partial charge in [-0.2, -0.15) is 0 Å². The summed E-state index contributed by atoms with van der Waals surface area (Å²) in [4.78, 5) is 152. The van der Waals surface area contributed by atoms with Gasteiger partial charge in [0.25, 0.3) is 17.7 Å². The van der Waals surface area contributed by atoms with E-state index in [1.807, 2.05) is 0 Å². The molecule has 0 bridgehead atoms. The van der Waals surface area contributed by atoms with Crippen molar-refractivity contribution in [2.45, 2.75) is 152 Å². The average Bonchev–Trinajstić information content (AvgIpc) is 4.16. The average molecular weight is 1140 g/mol. The van der Waals surface area contributed by atoms with Gasteiger partial charge in [-0.05, 0) is 130 Å². The van der Waals surface area contributed by atoms with Gasteiger partial charge in [-0.25, -0.2) is 9.98 Å². The third-order valence-electron chi connectivity index (χ3n) is 12.6. The number of unbranched alkanes of at least 4 members (excludes halogenated alkanes) is 3. The highest BCUT2D eigenvalue weighted by atomic mass is 16.2. The second kappa shape index (κ2) is 39.0. The molecule has 1 aromatic rings. The van der Waals surface area contributed by atoms with Crippen LogP contribution in [0, 0.1) is 0 Å². The van der Waals surface area contributed by atoms with E-state index >= 15 is 0 Å². The van der Waals surface area contributed by atoms with Crippen LogP contribution < -0.4 is 88.4 Å². The lowest BCUT2D eigenvalue weighted by Gasteiger charge is -2.28. The van der Waals surface area contributed by atoms with Crippen molar-refractivity contribution >= 4 is 70.7 Å². The number of aromatic amines is 1. The predicted molar refractivity (Wildman–Crippen MR) is 302 cm³/mol. The number of carbonyl (C=O) groups is 10. The van der Waals surface area contributed by atoms with Crippen LogP contribution in [0.3, 0.4) is 0 Å². The van der Waals surface area contributed by atoms with Gasteiger partial charge in [0.2, 0.25) is 41.4 Å². The number of nitrogens with one attached hydrogen (secondary N) is 9. The normalized spacial score (nSPS) is 15.6. The molecule has 0 aromatic carbocycles. The SMILES string of the molecule is C[C@H](NC(=O)/C(=C/CCN=C(N)N)NC(=O)[C@H](CCCCN)NC(=O)[C@H](Cc1cnc[nH]1)NC(=O)[C@@H]1CCCN1C(=O)C(CCCN)=NC(=O)CNC(=O)[C@H](C)NC(=O)[C@H](CCN)NC(=O)[C@@H](N)CCCCN)C(=O)NCCCCN. The number of carbonyl (C=O) groups excluding carboxylic acids is 10. The van der Waals surface area contributed by atoms with Crippen molar-refractivity contribution in [3.8, 4) is 0 Å². The molecule has 31 heteroatoms. The van der Waals surface area contributed by atoms with Gasteiger partial charge >= 0.3 is 0 Å². The van der Waals surface area contributed by atoms with Crippen molar-refractivity contribution in [2.75, 3.05) is 58.9 Å². The van der Waals surface area contributed by atoms with E-state index in [-0.39, 0.29) is 95.0 Å². The molecule has 1 aromatic heterocycles. The summed E-state index contributed by atoms with van der Waals surface area (Å²) in [6.07, 6.45) is 8.58. The van der Waals surface area contributed by atoms with Crippen LogP contribution in [0.4, 0.5) is 0 Å². The molecule has 0 spiro atoms. The first kappa shape index (κ1) is 69.7. The number of nitrogens with zero attached hydrogens (tertiary/aromatic N) is 4. The highest BCUT2D eigenvalue weighted by Crippen LogP contribution is 2.20. The minimum absolute atomic E-state index is 0.0299. The van der Waals surface area contributed by atoms with E-state index in [4.69, 9.17) is 45.9 Å². The molecule has 2 rings (SSSR count). The monoisotopic (exact) mass is 1140 g/mol. The molecule has 10 amide bonds. The number of rotatable bonds is 39. The van der Waals surface area contributed by atoms with Crippen LogP contribution in [0.2, 0.25) is 0 Å². The molecule has 0 unspecified atom stereocenters. The number of guanidine groups is 1. The van der Waals surface area contributed by atoms with E-state index in [9.17, 15) is 47.9 Å². The standard InChI is InChI=1S/C50H89N21O10/c1-30(41(73)60-23-8-7-20-53)64-44(76)35(15-10-24-61-50(57)58)68-46(78)34(13-4-6-19-52)69-47(79)38(26-32-27-59-29-63-32)70-48(80)39-16-11-25-71(39)49(81)37(14-9-21-54)66-40(72)28-62-42(74)31(2)65-45(77)36(17-22-55)67-43(75)33(56)12-3-5-18-51/h15,27,29-31,33-34,36,38-39H,3-14,16-26,28,51-56H2,1-2H3,(H,59,63)(H,60,73)(H,62,74)(H,64,76)(H,65,77)(H,67,75)(H,68,78)(H,69,79)(H,70,80)(H4,57,58,61)/b35-15-,66-37?/t30-,31-,33-,34-,36-,38-,39-/m0/s1. The van der Waals surface area contributed by atoms with Gasteiger partial charge in [-0.15, -0.1) is 0 Å². The molecule has 2 heterocycles. The van der Waals surface area contributed by atoms with E-state index in [1.54, 1.807) is 0 Å². The number of amides is 10. The summed E-state index contributed by atoms with van der Waals surface area (Å²) >= 11 is 0. The van der Waals surface area contributed by atoms with Crippen LogP contribution in [0.5, 0.6) is 0 Å². The maximum absolute atomic E-state index is 14.4. The Morgan fingerprint density at radius 1 is 0.704 bits per heavy atom. The van der Waals surface area contributed by atoms with Gasteiger partial charge in [0.1, 0.15) is 47.7 Å².